The molecule has 4 saturated carbocycles. The second kappa shape index (κ2) is 8.36. The van der Waals surface area contributed by atoms with Crippen LogP contribution in [-0.4, -0.2) is 66.0 Å². The minimum Gasteiger partial charge on any atom is -0.389 e. The van der Waals surface area contributed by atoms with Gasteiger partial charge in [0.05, 0.1) is 36.6 Å². The van der Waals surface area contributed by atoms with Crippen molar-refractivity contribution < 1.29 is 29.2 Å². The largest absolute Gasteiger partial charge is 0.389 e. The van der Waals surface area contributed by atoms with Gasteiger partial charge in [0.15, 0.2) is 12.1 Å². The summed E-state index contributed by atoms with van der Waals surface area (Å²) in [5.41, 5.74) is 5.50. The van der Waals surface area contributed by atoms with E-state index in [2.05, 4.69) is 6.92 Å². The molecule has 6 rings (SSSR count). The van der Waals surface area contributed by atoms with Crippen LogP contribution in [0.1, 0.15) is 85.0 Å². The van der Waals surface area contributed by atoms with Crippen molar-refractivity contribution in [3.63, 3.8) is 0 Å². The third-order valence-electron chi connectivity index (χ3n) is 12.2. The Morgan fingerprint density at radius 3 is 2.51 bits per heavy atom. The highest BCUT2D eigenvalue weighted by Gasteiger charge is 2.74. The molecule has 13 atom stereocenters. The minimum atomic E-state index is -1.10. The van der Waals surface area contributed by atoms with Gasteiger partial charge in [0, 0.05) is 24.9 Å². The quantitative estimate of drug-likeness (QED) is 0.518. The van der Waals surface area contributed by atoms with Gasteiger partial charge in [-0.25, -0.2) is 0 Å². The third kappa shape index (κ3) is 3.48. The molecule has 7 nitrogen and oxygen atoms in total. The molecule has 35 heavy (non-hydrogen) atoms. The van der Waals surface area contributed by atoms with Gasteiger partial charge in [0.2, 0.25) is 0 Å². The van der Waals surface area contributed by atoms with Crippen molar-refractivity contribution >= 4 is 0 Å². The highest BCUT2D eigenvalue weighted by atomic mass is 16.7. The van der Waals surface area contributed by atoms with E-state index in [-0.39, 0.29) is 47.4 Å². The number of hydrogen-bond donors (Lipinski definition) is 3. The van der Waals surface area contributed by atoms with Gasteiger partial charge in [-0.3, -0.25) is 0 Å². The van der Waals surface area contributed by atoms with Gasteiger partial charge in [-0.1, -0.05) is 6.92 Å². The highest BCUT2D eigenvalue weighted by molar-refractivity contribution is 5.21. The van der Waals surface area contributed by atoms with Crippen molar-refractivity contribution in [1.29, 1.82) is 0 Å². The van der Waals surface area contributed by atoms with Crippen molar-refractivity contribution in [3.05, 3.63) is 0 Å². The fourth-order valence-electron chi connectivity index (χ4n) is 10.2. The maximum Gasteiger partial charge on any atom is 0.166 e. The molecule has 0 aromatic rings. The first-order chi connectivity index (χ1) is 16.5. The van der Waals surface area contributed by atoms with E-state index in [1.165, 1.54) is 0 Å². The monoisotopic (exact) mass is 493 g/mol. The van der Waals surface area contributed by atoms with Crippen LogP contribution < -0.4 is 5.73 Å². The molecule has 0 aromatic carbocycles. The average Bonchev–Trinajstić information content (AvgIpc) is 3.28. The van der Waals surface area contributed by atoms with Crippen molar-refractivity contribution in [2.75, 3.05) is 13.7 Å². The van der Waals surface area contributed by atoms with Gasteiger partial charge in [0.1, 0.15) is 0 Å². The lowest BCUT2D eigenvalue weighted by Crippen LogP contribution is -2.63. The van der Waals surface area contributed by atoms with Crippen molar-refractivity contribution in [2.24, 2.45) is 40.2 Å². The highest BCUT2D eigenvalue weighted by Crippen LogP contribution is 2.72. The molecule has 6 aliphatic rings. The molecule has 0 bridgehead atoms. The van der Waals surface area contributed by atoms with Gasteiger partial charge in [-0.05, 0) is 94.8 Å². The molecule has 0 amide bonds. The number of rotatable bonds is 3. The topological polar surface area (TPSA) is 103 Å². The predicted octanol–water partition coefficient (Wildman–Crippen LogP) is 3.34. The first kappa shape index (κ1) is 25.0. The van der Waals surface area contributed by atoms with Crippen LogP contribution in [-0.2, 0) is 18.9 Å². The van der Waals surface area contributed by atoms with Crippen molar-refractivity contribution in [2.45, 2.75) is 127 Å². The molecule has 2 saturated heterocycles. The number of fused-ring (bicyclic) bond motifs is 4. The summed E-state index contributed by atoms with van der Waals surface area (Å²) < 4.78 is 24.2. The van der Waals surface area contributed by atoms with Gasteiger partial charge >= 0.3 is 0 Å². The maximum absolute atomic E-state index is 12.3. The molecular weight excluding hydrogens is 446 g/mol. The third-order valence-corrected chi connectivity index (χ3v) is 12.2. The Balaban J connectivity index is 1.15. The molecule has 6 fully saturated rings. The predicted molar refractivity (Wildman–Crippen MR) is 130 cm³/mol. The number of aliphatic hydroxyl groups is 2. The number of hydrogen-bond acceptors (Lipinski definition) is 7. The summed E-state index contributed by atoms with van der Waals surface area (Å²) in [6, 6.07) is -0.116. The SMILES string of the molecule is CO[C@H]1C[C@H](O[C@H]2CC[C@]3(C)[C@@H](CC[C@H]4[C@@H]3CC[C@]35CO[C@@](C)(O)[C@H]3CC[C@]45O)C2)O[C@H](C)[C@H]1N. The second-order valence-corrected chi connectivity index (χ2v) is 13.4. The van der Waals surface area contributed by atoms with E-state index < -0.39 is 11.4 Å². The Hall–Kier alpha value is -0.280. The first-order valence-corrected chi connectivity index (χ1v) is 14.2. The summed E-state index contributed by atoms with van der Waals surface area (Å²) in [6.07, 6.45) is 9.80. The van der Waals surface area contributed by atoms with E-state index in [0.29, 0.717) is 30.8 Å². The second-order valence-electron chi connectivity index (χ2n) is 13.4. The molecule has 4 aliphatic carbocycles. The Morgan fingerprint density at radius 1 is 0.943 bits per heavy atom. The summed E-state index contributed by atoms with van der Waals surface area (Å²) in [5, 5.41) is 23.2. The lowest BCUT2D eigenvalue weighted by Gasteiger charge is -2.63. The normalized spacial score (nSPS) is 59.9. The summed E-state index contributed by atoms with van der Waals surface area (Å²) in [7, 11) is 1.72. The van der Waals surface area contributed by atoms with Crippen LogP contribution in [0.5, 0.6) is 0 Å². The lowest BCUT2D eigenvalue weighted by molar-refractivity contribution is -0.255. The minimum absolute atomic E-state index is 0.0288. The summed E-state index contributed by atoms with van der Waals surface area (Å²) in [5.74, 6) is 0.408. The Bertz CT molecular complexity index is 823. The summed E-state index contributed by atoms with van der Waals surface area (Å²) in [4.78, 5) is 0. The van der Waals surface area contributed by atoms with E-state index >= 15 is 0 Å². The van der Waals surface area contributed by atoms with Crippen LogP contribution in [0.2, 0.25) is 0 Å². The standard InChI is InChI=1S/C28H47NO6/c1-16-24(29)21(32-4)14-23(34-16)35-18-7-10-25(2)17(13-18)5-6-20-19(25)8-11-27-15-33-26(3,30)22(27)9-12-28(20,27)31/h16-24,30-31H,5-15,29H2,1-4H3/t16-,17+,18+,19+,20+,21+,22-,23+,24-,25-,26-,27+,28+/m1/s1. The number of ether oxygens (including phenoxy) is 4. The lowest BCUT2D eigenvalue weighted by atomic mass is 9.43. The van der Waals surface area contributed by atoms with Crippen LogP contribution in [0, 0.1) is 34.5 Å². The average molecular weight is 494 g/mol. The number of nitrogens with two attached hydrogens (primary N) is 1. The van der Waals surface area contributed by atoms with Crippen LogP contribution in [0.4, 0.5) is 0 Å². The van der Waals surface area contributed by atoms with E-state index in [4.69, 9.17) is 24.7 Å². The molecule has 4 N–H and O–H groups in total. The molecule has 7 heteroatoms. The molecule has 0 aromatic heterocycles. The van der Waals surface area contributed by atoms with Crippen molar-refractivity contribution in [1.82, 2.24) is 0 Å². The van der Waals surface area contributed by atoms with Gasteiger partial charge < -0.3 is 34.9 Å². The maximum atomic E-state index is 12.3. The molecule has 1 spiro atoms. The van der Waals surface area contributed by atoms with E-state index in [9.17, 15) is 10.2 Å². The molecule has 2 aliphatic heterocycles. The van der Waals surface area contributed by atoms with Gasteiger partial charge in [0.25, 0.3) is 0 Å². The van der Waals surface area contributed by atoms with Crippen molar-refractivity contribution in [3.8, 4) is 0 Å². The van der Waals surface area contributed by atoms with Crippen LogP contribution in [0.3, 0.4) is 0 Å². The molecular formula is C28H47NO6. The molecule has 0 radical (unpaired) electrons. The molecule has 0 unspecified atom stereocenters. The summed E-state index contributed by atoms with van der Waals surface area (Å²) >= 11 is 0. The van der Waals surface area contributed by atoms with Gasteiger partial charge in [-0.2, -0.15) is 0 Å². The zero-order valence-corrected chi connectivity index (χ0v) is 22.1. The first-order valence-electron chi connectivity index (χ1n) is 14.2. The molecule has 2 heterocycles. The zero-order chi connectivity index (χ0) is 24.8. The van der Waals surface area contributed by atoms with Gasteiger partial charge in [-0.15, -0.1) is 0 Å². The van der Waals surface area contributed by atoms with Crippen LogP contribution in [0.15, 0.2) is 0 Å². The Labute approximate surface area is 210 Å². The van der Waals surface area contributed by atoms with E-state index in [0.717, 1.165) is 57.8 Å². The van der Waals surface area contributed by atoms with Crippen LogP contribution in [0.25, 0.3) is 0 Å². The Kier molecular flexibility index (Phi) is 5.98. The van der Waals surface area contributed by atoms with E-state index in [1.807, 2.05) is 13.8 Å². The van der Waals surface area contributed by atoms with E-state index in [1.54, 1.807) is 7.11 Å². The smallest absolute Gasteiger partial charge is 0.166 e. The fraction of sp³-hybridized carbons (Fsp3) is 1.00. The zero-order valence-electron chi connectivity index (χ0n) is 22.1. The van der Waals surface area contributed by atoms with Crippen LogP contribution >= 0.6 is 0 Å². The fourth-order valence-corrected chi connectivity index (χ4v) is 10.2. The Morgan fingerprint density at radius 2 is 1.74 bits per heavy atom. The number of methoxy groups -OCH3 is 1. The summed E-state index contributed by atoms with van der Waals surface area (Å²) in [6.45, 7) is 6.82. The molecule has 200 valence electrons.